The average Bonchev–Trinajstić information content (AvgIpc) is 3.25. The molecule has 0 spiro atoms. The molecule has 2 heterocycles. The van der Waals surface area contributed by atoms with E-state index < -0.39 is 0 Å². The van der Waals surface area contributed by atoms with Gasteiger partial charge >= 0.3 is 0 Å². The number of carbonyl (C=O) groups excluding carboxylic acids is 1. The third-order valence-corrected chi connectivity index (χ3v) is 5.03. The first-order valence-corrected chi connectivity index (χ1v) is 8.79. The largest absolute Gasteiger partial charge is 0.347 e. The van der Waals surface area contributed by atoms with E-state index in [2.05, 4.69) is 15.2 Å². The molecule has 0 unspecified atom stereocenters. The van der Waals surface area contributed by atoms with Gasteiger partial charge in [-0.2, -0.15) is 0 Å². The molecule has 1 saturated heterocycles. The molecule has 0 atom stereocenters. The van der Waals surface area contributed by atoms with Crippen LogP contribution < -0.4 is 11.1 Å². The Morgan fingerprint density at radius 2 is 1.80 bits per heavy atom. The predicted octanol–water partition coefficient (Wildman–Crippen LogP) is 2.97. The Labute approximate surface area is 164 Å². The zero-order valence-electron chi connectivity index (χ0n) is 13.9. The molecule has 3 rings (SSSR count). The number of nitrogens with zero attached hydrogens (tertiary/aromatic N) is 2. The Hall–Kier alpha value is -1.18. The van der Waals surface area contributed by atoms with E-state index in [-0.39, 0.29) is 30.7 Å². The summed E-state index contributed by atoms with van der Waals surface area (Å²) in [6.07, 6.45) is 4.21. The van der Waals surface area contributed by atoms with Crippen molar-refractivity contribution in [1.29, 1.82) is 0 Å². The molecule has 1 amide bonds. The Morgan fingerprint density at radius 3 is 2.44 bits per heavy atom. The number of aromatic nitrogens is 1. The standard InChI is InChI=1S/C17H22N4OS.2ClH/c18-9-13-3-5-14(6-4-13)10-20-17(22)15-11-19-16(23-15)12-21-7-1-2-8-21;;/h3-6,11H,1-2,7-10,12,18H2,(H,20,22);2*1H. The highest BCUT2D eigenvalue weighted by atomic mass is 35.5. The van der Waals surface area contributed by atoms with Crippen molar-refractivity contribution in [1.82, 2.24) is 15.2 Å². The molecule has 0 saturated carbocycles. The van der Waals surface area contributed by atoms with Crippen molar-refractivity contribution in [2.75, 3.05) is 13.1 Å². The number of rotatable bonds is 6. The summed E-state index contributed by atoms with van der Waals surface area (Å²) < 4.78 is 0. The van der Waals surface area contributed by atoms with Gasteiger partial charge in [-0.25, -0.2) is 4.98 Å². The summed E-state index contributed by atoms with van der Waals surface area (Å²) in [5.74, 6) is -0.0573. The predicted molar refractivity (Wildman–Crippen MR) is 107 cm³/mol. The van der Waals surface area contributed by atoms with Crippen LogP contribution in [0.3, 0.4) is 0 Å². The van der Waals surface area contributed by atoms with E-state index in [1.54, 1.807) is 6.20 Å². The molecule has 0 radical (unpaired) electrons. The van der Waals surface area contributed by atoms with Gasteiger partial charge in [-0.1, -0.05) is 24.3 Å². The minimum Gasteiger partial charge on any atom is -0.347 e. The van der Waals surface area contributed by atoms with Crippen LogP contribution in [-0.2, 0) is 19.6 Å². The van der Waals surface area contributed by atoms with Crippen LogP contribution in [0.1, 0.15) is 38.6 Å². The van der Waals surface area contributed by atoms with Gasteiger partial charge in [0.05, 0.1) is 12.7 Å². The van der Waals surface area contributed by atoms with Crippen molar-refractivity contribution in [2.24, 2.45) is 5.73 Å². The number of thiazole rings is 1. The fourth-order valence-corrected chi connectivity index (χ4v) is 3.56. The molecule has 0 bridgehead atoms. The lowest BCUT2D eigenvalue weighted by atomic mass is 10.1. The summed E-state index contributed by atoms with van der Waals surface area (Å²) in [7, 11) is 0. The number of nitrogens with one attached hydrogen (secondary N) is 1. The minimum atomic E-state index is -0.0573. The van der Waals surface area contributed by atoms with Gasteiger partial charge in [-0.3, -0.25) is 9.69 Å². The van der Waals surface area contributed by atoms with Gasteiger partial charge in [0.25, 0.3) is 5.91 Å². The second kappa shape index (κ2) is 10.7. The molecule has 0 aliphatic carbocycles. The van der Waals surface area contributed by atoms with Gasteiger partial charge in [0.15, 0.2) is 0 Å². The van der Waals surface area contributed by atoms with Gasteiger partial charge in [0.2, 0.25) is 0 Å². The third kappa shape index (κ3) is 6.24. The quantitative estimate of drug-likeness (QED) is 0.778. The van der Waals surface area contributed by atoms with E-state index in [1.807, 2.05) is 24.3 Å². The van der Waals surface area contributed by atoms with Crippen molar-refractivity contribution >= 4 is 42.1 Å². The van der Waals surface area contributed by atoms with Crippen LogP contribution in [0.25, 0.3) is 0 Å². The maximum Gasteiger partial charge on any atom is 0.263 e. The lowest BCUT2D eigenvalue weighted by Gasteiger charge is -2.11. The average molecular weight is 403 g/mol. The lowest BCUT2D eigenvalue weighted by Crippen LogP contribution is -2.21. The number of hydrogen-bond acceptors (Lipinski definition) is 5. The molecule has 8 heteroatoms. The van der Waals surface area contributed by atoms with Gasteiger partial charge in [-0.05, 0) is 37.1 Å². The highest BCUT2D eigenvalue weighted by Crippen LogP contribution is 2.18. The molecule has 5 nitrogen and oxygen atoms in total. The highest BCUT2D eigenvalue weighted by molar-refractivity contribution is 7.13. The van der Waals surface area contributed by atoms with E-state index in [4.69, 9.17) is 5.73 Å². The molecule has 1 aromatic heterocycles. The molecule has 1 aliphatic heterocycles. The Balaban J connectivity index is 0.00000156. The SMILES string of the molecule is Cl.Cl.NCc1ccc(CNC(=O)c2cnc(CN3CCCC3)s2)cc1. The molecule has 138 valence electrons. The van der Waals surface area contributed by atoms with Crippen LogP contribution in [-0.4, -0.2) is 28.9 Å². The summed E-state index contributed by atoms with van der Waals surface area (Å²) in [6, 6.07) is 7.96. The number of nitrogens with two attached hydrogens (primary N) is 1. The van der Waals surface area contributed by atoms with Crippen molar-refractivity contribution in [3.05, 3.63) is 51.5 Å². The third-order valence-electron chi connectivity index (χ3n) is 4.05. The maximum absolute atomic E-state index is 12.2. The molecule has 2 aromatic rings. The van der Waals surface area contributed by atoms with E-state index in [9.17, 15) is 4.79 Å². The number of amides is 1. The molecule has 1 aliphatic rings. The first-order chi connectivity index (χ1) is 11.2. The summed E-state index contributed by atoms with van der Waals surface area (Å²) in [5.41, 5.74) is 7.74. The summed E-state index contributed by atoms with van der Waals surface area (Å²) >= 11 is 1.49. The second-order valence-corrected chi connectivity index (χ2v) is 6.92. The van der Waals surface area contributed by atoms with E-state index in [0.717, 1.165) is 35.8 Å². The molecule has 1 aromatic carbocycles. The van der Waals surface area contributed by atoms with Crippen LogP contribution in [0.15, 0.2) is 30.5 Å². The van der Waals surface area contributed by atoms with Crippen LogP contribution >= 0.6 is 36.2 Å². The molecular formula is C17H24Cl2N4OS. The molecular weight excluding hydrogens is 379 g/mol. The second-order valence-electron chi connectivity index (χ2n) is 5.80. The van der Waals surface area contributed by atoms with Gasteiger partial charge in [-0.15, -0.1) is 36.2 Å². The van der Waals surface area contributed by atoms with E-state index in [1.165, 1.54) is 24.2 Å². The Morgan fingerprint density at radius 1 is 1.16 bits per heavy atom. The number of benzene rings is 1. The molecule has 3 N–H and O–H groups in total. The summed E-state index contributed by atoms with van der Waals surface area (Å²) in [4.78, 5) is 19.7. The fourth-order valence-electron chi connectivity index (χ4n) is 2.68. The first kappa shape index (κ1) is 21.9. The lowest BCUT2D eigenvalue weighted by molar-refractivity contribution is 0.0955. The summed E-state index contributed by atoms with van der Waals surface area (Å²) in [5, 5.41) is 3.96. The van der Waals surface area contributed by atoms with Crippen LogP contribution in [0.4, 0.5) is 0 Å². The van der Waals surface area contributed by atoms with Crippen LogP contribution in [0.5, 0.6) is 0 Å². The number of halogens is 2. The van der Waals surface area contributed by atoms with Crippen LogP contribution in [0.2, 0.25) is 0 Å². The van der Waals surface area contributed by atoms with Gasteiger partial charge < -0.3 is 11.1 Å². The topological polar surface area (TPSA) is 71.2 Å². The fraction of sp³-hybridized carbons (Fsp3) is 0.412. The monoisotopic (exact) mass is 402 g/mol. The van der Waals surface area contributed by atoms with Crippen molar-refractivity contribution in [3.63, 3.8) is 0 Å². The Bertz CT molecular complexity index is 657. The number of hydrogen-bond donors (Lipinski definition) is 2. The smallest absolute Gasteiger partial charge is 0.263 e. The van der Waals surface area contributed by atoms with Crippen molar-refractivity contribution in [3.8, 4) is 0 Å². The summed E-state index contributed by atoms with van der Waals surface area (Å²) in [6.45, 7) is 4.19. The highest BCUT2D eigenvalue weighted by Gasteiger charge is 2.15. The number of likely N-dealkylation sites (tertiary alicyclic amines) is 1. The molecule has 25 heavy (non-hydrogen) atoms. The van der Waals surface area contributed by atoms with Crippen LogP contribution in [0, 0.1) is 0 Å². The van der Waals surface area contributed by atoms with E-state index in [0.29, 0.717) is 18.0 Å². The van der Waals surface area contributed by atoms with Crippen molar-refractivity contribution < 1.29 is 4.79 Å². The van der Waals surface area contributed by atoms with E-state index >= 15 is 0 Å². The first-order valence-electron chi connectivity index (χ1n) is 7.98. The Kier molecular flexibility index (Phi) is 9.38. The van der Waals surface area contributed by atoms with Gasteiger partial charge in [0.1, 0.15) is 9.88 Å². The number of carbonyl (C=O) groups is 1. The zero-order valence-corrected chi connectivity index (χ0v) is 16.4. The zero-order chi connectivity index (χ0) is 16.1. The minimum absolute atomic E-state index is 0. The molecule has 1 fully saturated rings. The van der Waals surface area contributed by atoms with Gasteiger partial charge in [0, 0.05) is 13.1 Å². The maximum atomic E-state index is 12.2. The normalized spacial score (nSPS) is 13.8. The van der Waals surface area contributed by atoms with Crippen molar-refractivity contribution in [2.45, 2.75) is 32.5 Å².